The molecule has 0 aliphatic carbocycles. The van der Waals surface area contributed by atoms with Gasteiger partial charge in [-0.1, -0.05) is 32.9 Å². The standard InChI is InChI=1S/C16H21N3O/c1-12-9-17-19(10-12)11-15(20)18-14-7-5-13(6-8-14)16(2,3)4/h5-10H,11H2,1-4H3,(H,18,20). The highest BCUT2D eigenvalue weighted by Gasteiger charge is 2.13. The van der Waals surface area contributed by atoms with Gasteiger partial charge in [-0.05, 0) is 35.6 Å². The van der Waals surface area contributed by atoms with Crippen molar-refractivity contribution in [2.45, 2.75) is 39.7 Å². The molecule has 0 saturated carbocycles. The van der Waals surface area contributed by atoms with E-state index in [1.807, 2.05) is 37.4 Å². The zero-order valence-corrected chi connectivity index (χ0v) is 12.5. The van der Waals surface area contributed by atoms with E-state index in [9.17, 15) is 4.79 Å². The lowest BCUT2D eigenvalue weighted by molar-refractivity contribution is -0.116. The van der Waals surface area contributed by atoms with Gasteiger partial charge in [0.2, 0.25) is 5.91 Å². The summed E-state index contributed by atoms with van der Waals surface area (Å²) in [7, 11) is 0. The lowest BCUT2D eigenvalue weighted by Gasteiger charge is -2.19. The molecule has 4 nitrogen and oxygen atoms in total. The lowest BCUT2D eigenvalue weighted by Crippen LogP contribution is -2.19. The summed E-state index contributed by atoms with van der Waals surface area (Å²) in [4.78, 5) is 11.9. The maximum absolute atomic E-state index is 11.9. The molecule has 0 bridgehead atoms. The van der Waals surface area contributed by atoms with Crippen molar-refractivity contribution in [1.82, 2.24) is 9.78 Å². The summed E-state index contributed by atoms with van der Waals surface area (Å²) in [6, 6.07) is 7.97. The summed E-state index contributed by atoms with van der Waals surface area (Å²) in [5.41, 5.74) is 3.23. The third-order valence-corrected chi connectivity index (χ3v) is 3.10. The number of aryl methyl sites for hydroxylation is 1. The Morgan fingerprint density at radius 1 is 1.25 bits per heavy atom. The van der Waals surface area contributed by atoms with E-state index in [0.29, 0.717) is 0 Å². The minimum absolute atomic E-state index is 0.0726. The van der Waals surface area contributed by atoms with E-state index in [2.05, 4.69) is 31.2 Å². The largest absolute Gasteiger partial charge is 0.324 e. The van der Waals surface area contributed by atoms with Crippen LogP contribution in [0.15, 0.2) is 36.7 Å². The maximum Gasteiger partial charge on any atom is 0.246 e. The first kappa shape index (κ1) is 14.3. The predicted octanol–water partition coefficient (Wildman–Crippen LogP) is 3.13. The van der Waals surface area contributed by atoms with Crippen LogP contribution in [0, 0.1) is 6.92 Å². The van der Waals surface area contributed by atoms with Crippen molar-refractivity contribution < 1.29 is 4.79 Å². The van der Waals surface area contributed by atoms with Gasteiger partial charge in [-0.25, -0.2) is 0 Å². The molecule has 0 radical (unpaired) electrons. The van der Waals surface area contributed by atoms with Crippen LogP contribution in [0.2, 0.25) is 0 Å². The van der Waals surface area contributed by atoms with Crippen LogP contribution in [-0.4, -0.2) is 15.7 Å². The normalized spacial score (nSPS) is 11.4. The van der Waals surface area contributed by atoms with Gasteiger partial charge < -0.3 is 5.32 Å². The average Bonchev–Trinajstić information content (AvgIpc) is 2.74. The van der Waals surface area contributed by atoms with Crippen molar-refractivity contribution in [3.05, 3.63) is 47.8 Å². The summed E-state index contributed by atoms with van der Waals surface area (Å²) in [5, 5.41) is 6.98. The topological polar surface area (TPSA) is 46.9 Å². The van der Waals surface area contributed by atoms with E-state index in [1.54, 1.807) is 10.9 Å². The molecule has 4 heteroatoms. The van der Waals surface area contributed by atoms with Crippen LogP contribution in [0.4, 0.5) is 5.69 Å². The smallest absolute Gasteiger partial charge is 0.246 e. The molecule has 2 aromatic rings. The molecule has 1 aromatic carbocycles. The monoisotopic (exact) mass is 271 g/mol. The predicted molar refractivity (Wildman–Crippen MR) is 80.7 cm³/mol. The molecular formula is C16H21N3O. The highest BCUT2D eigenvalue weighted by molar-refractivity contribution is 5.90. The van der Waals surface area contributed by atoms with Crippen molar-refractivity contribution in [1.29, 1.82) is 0 Å². The second kappa shape index (κ2) is 5.49. The third kappa shape index (κ3) is 3.70. The number of carbonyl (C=O) groups is 1. The summed E-state index contributed by atoms with van der Waals surface area (Å²) in [5.74, 6) is -0.0726. The fraction of sp³-hybridized carbons (Fsp3) is 0.375. The van der Waals surface area contributed by atoms with Crippen molar-refractivity contribution in [2.75, 3.05) is 5.32 Å². The Morgan fingerprint density at radius 3 is 2.40 bits per heavy atom. The SMILES string of the molecule is Cc1cnn(CC(=O)Nc2ccc(C(C)(C)C)cc2)c1. The first-order valence-electron chi connectivity index (χ1n) is 6.74. The molecule has 0 unspecified atom stereocenters. The summed E-state index contributed by atoms with van der Waals surface area (Å²) in [6.07, 6.45) is 3.59. The molecule has 0 spiro atoms. The van der Waals surface area contributed by atoms with Crippen LogP contribution in [0.3, 0.4) is 0 Å². The minimum atomic E-state index is -0.0726. The minimum Gasteiger partial charge on any atom is -0.324 e. The van der Waals surface area contributed by atoms with Crippen LogP contribution in [0.5, 0.6) is 0 Å². The molecule has 106 valence electrons. The number of rotatable bonds is 3. The van der Waals surface area contributed by atoms with Crippen LogP contribution in [0.1, 0.15) is 31.9 Å². The Kier molecular flexibility index (Phi) is 3.93. The Balaban J connectivity index is 1.98. The fourth-order valence-corrected chi connectivity index (χ4v) is 1.95. The zero-order valence-electron chi connectivity index (χ0n) is 12.5. The van der Waals surface area contributed by atoms with Crippen LogP contribution in [0.25, 0.3) is 0 Å². The number of hydrogen-bond acceptors (Lipinski definition) is 2. The number of nitrogens with one attached hydrogen (secondary N) is 1. The van der Waals surface area contributed by atoms with E-state index in [0.717, 1.165) is 11.3 Å². The van der Waals surface area contributed by atoms with Crippen molar-refractivity contribution in [3.8, 4) is 0 Å². The summed E-state index contributed by atoms with van der Waals surface area (Å²) >= 11 is 0. The molecule has 0 fully saturated rings. The Labute approximate surface area is 119 Å². The second-order valence-electron chi connectivity index (χ2n) is 6.09. The molecule has 1 heterocycles. The Bertz CT molecular complexity index is 591. The molecule has 0 saturated heterocycles. The molecule has 1 aromatic heterocycles. The van der Waals surface area contributed by atoms with Gasteiger partial charge in [-0.2, -0.15) is 5.10 Å². The Hall–Kier alpha value is -2.10. The van der Waals surface area contributed by atoms with Crippen LogP contribution >= 0.6 is 0 Å². The second-order valence-corrected chi connectivity index (χ2v) is 6.09. The van der Waals surface area contributed by atoms with Crippen molar-refractivity contribution in [3.63, 3.8) is 0 Å². The molecular weight excluding hydrogens is 250 g/mol. The van der Waals surface area contributed by atoms with E-state index < -0.39 is 0 Å². The molecule has 0 atom stereocenters. The number of hydrogen-bond donors (Lipinski definition) is 1. The number of carbonyl (C=O) groups excluding carboxylic acids is 1. The van der Waals surface area contributed by atoms with Gasteiger partial charge in [-0.3, -0.25) is 9.48 Å². The summed E-state index contributed by atoms with van der Waals surface area (Å²) < 4.78 is 1.63. The van der Waals surface area contributed by atoms with Crippen molar-refractivity contribution in [2.24, 2.45) is 0 Å². The van der Waals surface area contributed by atoms with Gasteiger partial charge in [0.1, 0.15) is 6.54 Å². The number of nitrogens with zero attached hydrogens (tertiary/aromatic N) is 2. The van der Waals surface area contributed by atoms with Crippen LogP contribution < -0.4 is 5.32 Å². The van der Waals surface area contributed by atoms with E-state index >= 15 is 0 Å². The Morgan fingerprint density at radius 2 is 1.90 bits per heavy atom. The molecule has 2 rings (SSSR count). The molecule has 20 heavy (non-hydrogen) atoms. The first-order valence-corrected chi connectivity index (χ1v) is 6.74. The highest BCUT2D eigenvalue weighted by Crippen LogP contribution is 2.23. The lowest BCUT2D eigenvalue weighted by atomic mass is 9.87. The molecule has 0 aliphatic heterocycles. The molecule has 0 aliphatic rings. The van der Waals surface area contributed by atoms with E-state index in [4.69, 9.17) is 0 Å². The third-order valence-electron chi connectivity index (χ3n) is 3.10. The summed E-state index contributed by atoms with van der Waals surface area (Å²) in [6.45, 7) is 8.68. The number of benzene rings is 1. The van der Waals surface area contributed by atoms with E-state index in [-0.39, 0.29) is 17.9 Å². The number of aromatic nitrogens is 2. The van der Waals surface area contributed by atoms with Gasteiger partial charge in [0, 0.05) is 11.9 Å². The zero-order chi connectivity index (χ0) is 14.8. The van der Waals surface area contributed by atoms with Gasteiger partial charge in [-0.15, -0.1) is 0 Å². The van der Waals surface area contributed by atoms with Gasteiger partial charge in [0.25, 0.3) is 0 Å². The quantitative estimate of drug-likeness (QED) is 0.932. The average molecular weight is 271 g/mol. The van der Waals surface area contributed by atoms with Crippen molar-refractivity contribution >= 4 is 11.6 Å². The fourth-order valence-electron chi connectivity index (χ4n) is 1.95. The highest BCUT2D eigenvalue weighted by atomic mass is 16.2. The first-order chi connectivity index (χ1) is 9.34. The maximum atomic E-state index is 11.9. The van der Waals surface area contributed by atoms with Gasteiger partial charge in [0.15, 0.2) is 0 Å². The number of anilines is 1. The van der Waals surface area contributed by atoms with E-state index in [1.165, 1.54) is 5.56 Å². The number of amides is 1. The van der Waals surface area contributed by atoms with Gasteiger partial charge >= 0.3 is 0 Å². The molecule has 1 amide bonds. The molecule has 1 N–H and O–H groups in total. The van der Waals surface area contributed by atoms with Gasteiger partial charge in [0.05, 0.1) is 6.20 Å². The van der Waals surface area contributed by atoms with Crippen LogP contribution in [-0.2, 0) is 16.8 Å².